The molecule has 0 aromatic rings. The van der Waals surface area contributed by atoms with Crippen molar-refractivity contribution in [2.24, 2.45) is 17.8 Å². The van der Waals surface area contributed by atoms with Crippen LogP contribution >= 0.6 is 12.4 Å². The highest BCUT2D eigenvalue weighted by Crippen LogP contribution is 2.50. The first-order valence-corrected chi connectivity index (χ1v) is 4.69. The molecule has 2 rings (SSSR count). The van der Waals surface area contributed by atoms with Crippen LogP contribution in [0, 0.1) is 17.8 Å². The second-order valence-electron chi connectivity index (χ2n) is 3.66. The van der Waals surface area contributed by atoms with Gasteiger partial charge in [-0.1, -0.05) is 0 Å². The minimum atomic E-state index is -0.0168. The van der Waals surface area contributed by atoms with Crippen LogP contribution in [0.4, 0.5) is 0 Å². The molecule has 1 aliphatic heterocycles. The molecule has 1 aliphatic carbocycles. The van der Waals surface area contributed by atoms with Crippen molar-refractivity contribution in [1.29, 1.82) is 0 Å². The standard InChI is InChI=1S/C9H15NO2.ClH/c1-2-12-9(11)3-6-7-4-10-5-8(6)7;/h6-8,10H,2-5H2,1H3;1H/t6-,7-,8+;. The van der Waals surface area contributed by atoms with Gasteiger partial charge in [0.2, 0.25) is 0 Å². The van der Waals surface area contributed by atoms with Gasteiger partial charge in [0, 0.05) is 6.42 Å². The molecule has 0 bridgehead atoms. The zero-order chi connectivity index (χ0) is 8.55. The van der Waals surface area contributed by atoms with E-state index in [1.54, 1.807) is 0 Å². The summed E-state index contributed by atoms with van der Waals surface area (Å²) in [6, 6.07) is 0. The molecule has 0 radical (unpaired) electrons. The summed E-state index contributed by atoms with van der Waals surface area (Å²) in [4.78, 5) is 11.1. The summed E-state index contributed by atoms with van der Waals surface area (Å²) in [6.07, 6.45) is 0.644. The van der Waals surface area contributed by atoms with Crippen molar-refractivity contribution in [2.45, 2.75) is 13.3 Å². The first-order chi connectivity index (χ1) is 5.83. The molecule has 76 valence electrons. The average molecular weight is 206 g/mol. The Labute approximate surface area is 84.6 Å². The molecular formula is C9H16ClNO2. The fraction of sp³-hybridized carbons (Fsp3) is 0.889. The molecule has 2 aliphatic rings. The van der Waals surface area contributed by atoms with E-state index in [2.05, 4.69) is 5.32 Å². The lowest BCUT2D eigenvalue weighted by atomic mass is 10.2. The van der Waals surface area contributed by atoms with Gasteiger partial charge in [0.25, 0.3) is 0 Å². The van der Waals surface area contributed by atoms with E-state index in [0.29, 0.717) is 18.9 Å². The van der Waals surface area contributed by atoms with E-state index < -0.39 is 0 Å². The molecule has 4 heteroatoms. The van der Waals surface area contributed by atoms with E-state index >= 15 is 0 Å². The fourth-order valence-corrected chi connectivity index (χ4v) is 2.26. The summed E-state index contributed by atoms with van der Waals surface area (Å²) in [5.41, 5.74) is 0. The number of piperidine rings is 1. The fourth-order valence-electron chi connectivity index (χ4n) is 2.26. The number of rotatable bonds is 3. The Bertz CT molecular complexity index is 188. The number of halogens is 1. The van der Waals surface area contributed by atoms with Gasteiger partial charge in [0.05, 0.1) is 6.61 Å². The molecule has 1 N–H and O–H groups in total. The summed E-state index contributed by atoms with van der Waals surface area (Å²) in [6.45, 7) is 4.58. The number of esters is 1. The zero-order valence-electron chi connectivity index (χ0n) is 7.79. The van der Waals surface area contributed by atoms with Gasteiger partial charge in [0.15, 0.2) is 0 Å². The number of hydrogen-bond acceptors (Lipinski definition) is 3. The Morgan fingerprint density at radius 3 is 2.62 bits per heavy atom. The normalized spacial score (nSPS) is 34.7. The molecule has 1 heterocycles. The van der Waals surface area contributed by atoms with Crippen molar-refractivity contribution in [3.8, 4) is 0 Å². The van der Waals surface area contributed by atoms with Gasteiger partial charge in [-0.2, -0.15) is 0 Å². The number of carbonyl (C=O) groups is 1. The first kappa shape index (κ1) is 10.8. The maximum Gasteiger partial charge on any atom is 0.306 e. The predicted octanol–water partition coefficient (Wildman–Crippen LogP) is 0.827. The average Bonchev–Trinajstić information content (AvgIpc) is 2.51. The SMILES string of the molecule is CCOC(=O)C[C@H]1[C@@H]2CNC[C@@H]21.Cl. The third-order valence-electron chi connectivity index (χ3n) is 2.98. The van der Waals surface area contributed by atoms with Gasteiger partial charge in [-0.25, -0.2) is 0 Å². The molecule has 2 fully saturated rings. The lowest BCUT2D eigenvalue weighted by Crippen LogP contribution is -2.16. The first-order valence-electron chi connectivity index (χ1n) is 4.69. The molecule has 1 saturated heterocycles. The van der Waals surface area contributed by atoms with Gasteiger partial charge in [-0.05, 0) is 37.8 Å². The van der Waals surface area contributed by atoms with Crippen molar-refractivity contribution in [3.05, 3.63) is 0 Å². The molecule has 3 atom stereocenters. The molecule has 0 amide bonds. The van der Waals surface area contributed by atoms with Gasteiger partial charge in [-0.3, -0.25) is 4.79 Å². The van der Waals surface area contributed by atoms with Crippen LogP contribution in [0.5, 0.6) is 0 Å². The second kappa shape index (κ2) is 4.29. The number of carbonyl (C=O) groups excluding carboxylic acids is 1. The Balaban J connectivity index is 0.000000845. The summed E-state index contributed by atoms with van der Waals surface area (Å²) in [7, 11) is 0. The smallest absolute Gasteiger partial charge is 0.306 e. The monoisotopic (exact) mass is 205 g/mol. The van der Waals surface area contributed by atoms with Crippen LogP contribution in [-0.2, 0) is 9.53 Å². The molecule has 0 aromatic carbocycles. The lowest BCUT2D eigenvalue weighted by Gasteiger charge is -2.03. The van der Waals surface area contributed by atoms with Crippen LogP contribution in [0.25, 0.3) is 0 Å². The number of hydrogen-bond donors (Lipinski definition) is 1. The quantitative estimate of drug-likeness (QED) is 0.694. The Morgan fingerprint density at radius 2 is 2.08 bits per heavy atom. The van der Waals surface area contributed by atoms with Crippen molar-refractivity contribution in [3.63, 3.8) is 0 Å². The predicted molar refractivity (Wildman–Crippen MR) is 51.8 cm³/mol. The van der Waals surface area contributed by atoms with Crippen LogP contribution in [0.3, 0.4) is 0 Å². The highest BCUT2D eigenvalue weighted by molar-refractivity contribution is 5.85. The van der Waals surface area contributed by atoms with Crippen LogP contribution in [-0.4, -0.2) is 25.7 Å². The largest absolute Gasteiger partial charge is 0.466 e. The van der Waals surface area contributed by atoms with Crippen LogP contribution < -0.4 is 5.32 Å². The summed E-state index contributed by atoms with van der Waals surface area (Å²) in [5, 5.41) is 3.30. The molecule has 13 heavy (non-hydrogen) atoms. The maximum atomic E-state index is 11.1. The number of fused-ring (bicyclic) bond motifs is 1. The van der Waals surface area contributed by atoms with E-state index in [1.165, 1.54) is 0 Å². The molecule has 3 nitrogen and oxygen atoms in total. The van der Waals surface area contributed by atoms with Crippen LogP contribution in [0.15, 0.2) is 0 Å². The van der Waals surface area contributed by atoms with Gasteiger partial charge in [-0.15, -0.1) is 12.4 Å². The zero-order valence-corrected chi connectivity index (χ0v) is 8.60. The van der Waals surface area contributed by atoms with Crippen molar-refractivity contribution in [2.75, 3.05) is 19.7 Å². The third kappa shape index (κ3) is 2.15. The number of nitrogens with one attached hydrogen (secondary N) is 1. The molecule has 1 saturated carbocycles. The maximum absolute atomic E-state index is 11.1. The van der Waals surface area contributed by atoms with E-state index in [-0.39, 0.29) is 18.4 Å². The highest BCUT2D eigenvalue weighted by Gasteiger charge is 2.53. The van der Waals surface area contributed by atoms with E-state index in [9.17, 15) is 4.79 Å². The second-order valence-corrected chi connectivity index (χ2v) is 3.66. The van der Waals surface area contributed by atoms with Crippen molar-refractivity contribution < 1.29 is 9.53 Å². The molecule has 0 spiro atoms. The van der Waals surface area contributed by atoms with E-state index in [1.807, 2.05) is 6.92 Å². The van der Waals surface area contributed by atoms with Crippen molar-refractivity contribution in [1.82, 2.24) is 5.32 Å². The highest BCUT2D eigenvalue weighted by atomic mass is 35.5. The minimum absolute atomic E-state index is 0. The van der Waals surface area contributed by atoms with Crippen LogP contribution in [0.2, 0.25) is 0 Å². The van der Waals surface area contributed by atoms with Gasteiger partial charge >= 0.3 is 5.97 Å². The summed E-state index contributed by atoms with van der Waals surface area (Å²) >= 11 is 0. The lowest BCUT2D eigenvalue weighted by molar-refractivity contribution is -0.143. The van der Waals surface area contributed by atoms with Crippen LogP contribution in [0.1, 0.15) is 13.3 Å². The molecule has 0 unspecified atom stereocenters. The van der Waals surface area contributed by atoms with Crippen molar-refractivity contribution >= 4 is 18.4 Å². The number of ether oxygens (including phenoxy) is 1. The van der Waals surface area contributed by atoms with E-state index in [4.69, 9.17) is 4.74 Å². The van der Waals surface area contributed by atoms with E-state index in [0.717, 1.165) is 24.9 Å². The Hall–Kier alpha value is -0.280. The Kier molecular flexibility index (Phi) is 3.56. The summed E-state index contributed by atoms with van der Waals surface area (Å²) < 4.78 is 4.90. The molecular weight excluding hydrogens is 190 g/mol. The minimum Gasteiger partial charge on any atom is -0.466 e. The van der Waals surface area contributed by atoms with Gasteiger partial charge < -0.3 is 10.1 Å². The van der Waals surface area contributed by atoms with Gasteiger partial charge in [0.1, 0.15) is 0 Å². The Morgan fingerprint density at radius 1 is 1.46 bits per heavy atom. The topological polar surface area (TPSA) is 38.3 Å². The third-order valence-corrected chi connectivity index (χ3v) is 2.98. The molecule has 0 aromatic heterocycles. The summed E-state index contributed by atoms with van der Waals surface area (Å²) in [5.74, 6) is 2.16.